The number of anilines is 1. The van der Waals surface area contributed by atoms with Crippen LogP contribution in [0.1, 0.15) is 17.2 Å². The molecule has 1 unspecified atom stereocenters. The first-order valence-electron chi connectivity index (χ1n) is 9.55. The minimum Gasteiger partial charge on any atom is -0.507 e. The molecule has 3 aromatic rings. The molecule has 8 nitrogen and oxygen atoms in total. The molecule has 2 aliphatic rings. The molecule has 9 heteroatoms. The van der Waals surface area contributed by atoms with E-state index in [1.807, 2.05) is 0 Å². The Bertz CT molecular complexity index is 1290. The Balaban J connectivity index is 1.73. The summed E-state index contributed by atoms with van der Waals surface area (Å²) < 4.78 is 10.6. The number of hydrogen-bond acceptors (Lipinski definition) is 7. The summed E-state index contributed by atoms with van der Waals surface area (Å²) in [5.41, 5.74) is 0.702. The molecule has 0 saturated carbocycles. The largest absolute Gasteiger partial charge is 0.507 e. The van der Waals surface area contributed by atoms with E-state index >= 15 is 0 Å². The highest BCUT2D eigenvalue weighted by Crippen LogP contribution is 2.46. The van der Waals surface area contributed by atoms with Gasteiger partial charge in [-0.25, -0.2) is 0 Å². The van der Waals surface area contributed by atoms with Crippen LogP contribution in [0.25, 0.3) is 5.76 Å². The summed E-state index contributed by atoms with van der Waals surface area (Å²) in [5, 5.41) is 21.8. The van der Waals surface area contributed by atoms with Crippen molar-refractivity contribution in [1.29, 1.82) is 0 Å². The molecule has 1 saturated heterocycles. The number of hydrogen-bond donors (Lipinski definition) is 2. The summed E-state index contributed by atoms with van der Waals surface area (Å²) in [6, 6.07) is 11.1. The fourth-order valence-corrected chi connectivity index (χ4v) is 4.00. The van der Waals surface area contributed by atoms with E-state index in [4.69, 9.17) is 21.1 Å². The van der Waals surface area contributed by atoms with Crippen LogP contribution in [0.3, 0.4) is 0 Å². The van der Waals surface area contributed by atoms with Gasteiger partial charge >= 0.3 is 0 Å². The normalized spacial score (nSPS) is 18.9. The minimum atomic E-state index is -1.02. The van der Waals surface area contributed by atoms with Crippen LogP contribution in [0.2, 0.25) is 5.02 Å². The van der Waals surface area contributed by atoms with Gasteiger partial charge in [0.25, 0.3) is 11.7 Å². The Morgan fingerprint density at radius 1 is 1.03 bits per heavy atom. The van der Waals surface area contributed by atoms with Gasteiger partial charge < -0.3 is 19.7 Å². The molecule has 0 aliphatic carbocycles. The number of aromatic nitrogens is 1. The van der Waals surface area contributed by atoms with E-state index < -0.39 is 17.7 Å². The number of benzene rings is 2. The predicted octanol–water partition coefficient (Wildman–Crippen LogP) is 3.80. The number of ketones is 1. The zero-order chi connectivity index (χ0) is 22.4. The molecule has 2 aliphatic heterocycles. The Kier molecular flexibility index (Phi) is 4.71. The minimum absolute atomic E-state index is 0.0474. The number of carbonyl (C=O) groups excluding carboxylic acids is 2. The highest BCUT2D eigenvalue weighted by molar-refractivity contribution is 6.52. The van der Waals surface area contributed by atoms with Crippen LogP contribution in [-0.4, -0.2) is 33.7 Å². The third kappa shape index (κ3) is 3.12. The number of aliphatic hydroxyl groups excluding tert-OH is 1. The summed E-state index contributed by atoms with van der Waals surface area (Å²) >= 11 is 6.09. The maximum atomic E-state index is 13.1. The van der Waals surface area contributed by atoms with E-state index in [2.05, 4.69) is 4.98 Å². The quantitative estimate of drug-likeness (QED) is 0.355. The van der Waals surface area contributed by atoms with Gasteiger partial charge in [-0.3, -0.25) is 19.5 Å². The van der Waals surface area contributed by atoms with Crippen molar-refractivity contribution in [1.82, 2.24) is 4.98 Å². The van der Waals surface area contributed by atoms with Gasteiger partial charge in [0, 0.05) is 23.0 Å². The number of aliphatic hydroxyl groups is 1. The second kappa shape index (κ2) is 7.58. The zero-order valence-corrected chi connectivity index (χ0v) is 17.1. The second-order valence-electron chi connectivity index (χ2n) is 7.15. The van der Waals surface area contributed by atoms with Crippen LogP contribution < -0.4 is 14.4 Å². The topological polar surface area (TPSA) is 109 Å². The molecule has 0 radical (unpaired) electrons. The SMILES string of the molecule is O=C1C(=O)N(c2cc(Cl)ccc2O)C(c2ccncc2)/C1=C(/O)c1ccc2c(c1)OCO2. The third-order valence-electron chi connectivity index (χ3n) is 5.31. The molecule has 160 valence electrons. The summed E-state index contributed by atoms with van der Waals surface area (Å²) in [4.78, 5) is 31.3. The molecule has 1 fully saturated rings. The van der Waals surface area contributed by atoms with Crippen molar-refractivity contribution in [3.8, 4) is 17.2 Å². The highest BCUT2D eigenvalue weighted by Gasteiger charge is 2.47. The maximum Gasteiger partial charge on any atom is 0.300 e. The van der Waals surface area contributed by atoms with Crippen LogP contribution >= 0.6 is 11.6 Å². The van der Waals surface area contributed by atoms with Crippen molar-refractivity contribution in [3.05, 3.63) is 82.6 Å². The average molecular weight is 451 g/mol. The molecular formula is C23H15ClN2O6. The number of phenols is 1. The predicted molar refractivity (Wildman–Crippen MR) is 115 cm³/mol. The monoisotopic (exact) mass is 450 g/mol. The zero-order valence-electron chi connectivity index (χ0n) is 16.4. The van der Waals surface area contributed by atoms with Crippen molar-refractivity contribution < 1.29 is 29.3 Å². The molecule has 2 N–H and O–H groups in total. The number of phenolic OH excluding ortho intramolecular Hbond substituents is 1. The van der Waals surface area contributed by atoms with Gasteiger partial charge in [0.05, 0.1) is 17.3 Å². The molecule has 5 rings (SSSR count). The molecule has 32 heavy (non-hydrogen) atoms. The highest BCUT2D eigenvalue weighted by atomic mass is 35.5. The smallest absolute Gasteiger partial charge is 0.300 e. The Morgan fingerprint density at radius 2 is 1.78 bits per heavy atom. The lowest BCUT2D eigenvalue weighted by Crippen LogP contribution is -2.29. The van der Waals surface area contributed by atoms with E-state index in [-0.39, 0.29) is 40.1 Å². The number of carbonyl (C=O) groups is 2. The Morgan fingerprint density at radius 3 is 2.56 bits per heavy atom. The second-order valence-corrected chi connectivity index (χ2v) is 7.59. The van der Waals surface area contributed by atoms with Gasteiger partial charge in [0.15, 0.2) is 11.5 Å². The fourth-order valence-electron chi connectivity index (χ4n) is 3.83. The molecule has 2 aromatic carbocycles. The molecular weight excluding hydrogens is 436 g/mol. The lowest BCUT2D eigenvalue weighted by molar-refractivity contribution is -0.132. The lowest BCUT2D eigenvalue weighted by Gasteiger charge is -2.26. The van der Waals surface area contributed by atoms with Crippen LogP contribution in [-0.2, 0) is 9.59 Å². The van der Waals surface area contributed by atoms with Gasteiger partial charge in [-0.15, -0.1) is 0 Å². The molecule has 0 spiro atoms. The molecule has 1 amide bonds. The summed E-state index contributed by atoms with van der Waals surface area (Å²) in [6.45, 7) is 0.0506. The van der Waals surface area contributed by atoms with Crippen LogP contribution in [0.15, 0.2) is 66.5 Å². The Labute approximate surface area is 186 Å². The lowest BCUT2D eigenvalue weighted by atomic mass is 9.95. The first kappa shape index (κ1) is 19.9. The first-order valence-corrected chi connectivity index (χ1v) is 9.93. The van der Waals surface area contributed by atoms with E-state index in [1.165, 1.54) is 36.7 Å². The standard InChI is InChI=1S/C23H15ClN2O6/c24-14-2-3-16(27)15(10-14)26-20(12-5-7-25-8-6-12)19(22(29)23(26)30)21(28)13-1-4-17-18(9-13)32-11-31-17/h1-10,20,27-28H,11H2/b21-19-. The Hall–Kier alpha value is -4.04. The number of fused-ring (bicyclic) bond motifs is 1. The van der Waals surface area contributed by atoms with Crippen molar-refractivity contribution >= 4 is 34.7 Å². The third-order valence-corrected chi connectivity index (χ3v) is 5.54. The van der Waals surface area contributed by atoms with Crippen molar-refractivity contribution in [3.63, 3.8) is 0 Å². The van der Waals surface area contributed by atoms with E-state index in [9.17, 15) is 19.8 Å². The number of nitrogens with zero attached hydrogens (tertiary/aromatic N) is 2. The molecule has 3 heterocycles. The van der Waals surface area contributed by atoms with Crippen LogP contribution in [0.5, 0.6) is 17.2 Å². The number of halogens is 1. The summed E-state index contributed by atoms with van der Waals surface area (Å²) in [6.07, 6.45) is 3.02. The van der Waals surface area contributed by atoms with Crippen LogP contribution in [0, 0.1) is 0 Å². The number of pyridine rings is 1. The number of aromatic hydroxyl groups is 1. The first-order chi connectivity index (χ1) is 15.5. The van der Waals surface area contributed by atoms with Crippen molar-refractivity contribution in [2.75, 3.05) is 11.7 Å². The van der Waals surface area contributed by atoms with Gasteiger partial charge in [-0.2, -0.15) is 0 Å². The average Bonchev–Trinajstić information content (AvgIpc) is 3.38. The fraction of sp³-hybridized carbons (Fsp3) is 0.0870. The van der Waals surface area contributed by atoms with Gasteiger partial charge in [0.2, 0.25) is 6.79 Å². The van der Waals surface area contributed by atoms with E-state index in [0.29, 0.717) is 17.1 Å². The van der Waals surface area contributed by atoms with Crippen molar-refractivity contribution in [2.45, 2.75) is 6.04 Å². The van der Waals surface area contributed by atoms with Crippen LogP contribution in [0.4, 0.5) is 5.69 Å². The molecule has 1 atom stereocenters. The molecule has 1 aromatic heterocycles. The number of Topliss-reactive ketones (excluding diaryl/α,β-unsaturated/α-hetero) is 1. The maximum absolute atomic E-state index is 13.1. The molecule has 0 bridgehead atoms. The van der Waals surface area contributed by atoms with E-state index in [0.717, 1.165) is 4.90 Å². The van der Waals surface area contributed by atoms with Crippen molar-refractivity contribution in [2.24, 2.45) is 0 Å². The number of rotatable bonds is 3. The number of ether oxygens (including phenoxy) is 2. The van der Waals surface area contributed by atoms with E-state index in [1.54, 1.807) is 24.3 Å². The number of amides is 1. The van der Waals surface area contributed by atoms with Gasteiger partial charge in [0.1, 0.15) is 11.5 Å². The van der Waals surface area contributed by atoms with Gasteiger partial charge in [-0.1, -0.05) is 11.6 Å². The summed E-state index contributed by atoms with van der Waals surface area (Å²) in [5.74, 6) is -1.51. The summed E-state index contributed by atoms with van der Waals surface area (Å²) in [7, 11) is 0. The van der Waals surface area contributed by atoms with Gasteiger partial charge in [-0.05, 0) is 54.1 Å².